The van der Waals surface area contributed by atoms with Gasteiger partial charge in [0.2, 0.25) is 0 Å². The van der Waals surface area contributed by atoms with Crippen LogP contribution < -0.4 is 20.9 Å². The fourth-order valence-electron chi connectivity index (χ4n) is 2.94. The summed E-state index contributed by atoms with van der Waals surface area (Å²) in [6, 6.07) is 9.12. The maximum atomic E-state index is 12.9. The summed E-state index contributed by atoms with van der Waals surface area (Å²) in [6.07, 6.45) is -1.51. The molecule has 0 aromatic heterocycles. The predicted octanol–water partition coefficient (Wildman–Crippen LogP) is 3.43. The number of nitrogens with one attached hydrogen (secondary N) is 3. The molecule has 3 N–H and O–H groups in total. The Morgan fingerprint density at radius 2 is 1.75 bits per heavy atom. The van der Waals surface area contributed by atoms with Crippen LogP contribution >= 0.6 is 0 Å². The molecule has 0 heterocycles. The zero-order chi connectivity index (χ0) is 20.1. The van der Waals surface area contributed by atoms with Gasteiger partial charge in [-0.15, -0.1) is 0 Å². The minimum absolute atomic E-state index is 0.349. The quantitative estimate of drug-likeness (QED) is 0.697. The number of para-hydroxylation sites is 1. The number of rotatable bonds is 4. The number of halogens is 3. The predicted molar refractivity (Wildman–Crippen MR) is 95.7 cm³/mol. The minimum Gasteiger partial charge on any atom is -0.484 e. The van der Waals surface area contributed by atoms with Crippen molar-refractivity contribution in [2.24, 2.45) is 0 Å². The molecule has 0 aliphatic heterocycles. The highest BCUT2D eigenvalue weighted by Crippen LogP contribution is 2.34. The Balaban J connectivity index is 1.47. The van der Waals surface area contributed by atoms with E-state index in [4.69, 9.17) is 4.74 Å². The van der Waals surface area contributed by atoms with Crippen LogP contribution in [-0.2, 0) is 23.8 Å². The molecule has 0 spiro atoms. The van der Waals surface area contributed by atoms with Crippen molar-refractivity contribution >= 4 is 17.6 Å². The van der Waals surface area contributed by atoms with Gasteiger partial charge in [0.05, 0.1) is 11.3 Å². The third-order valence-corrected chi connectivity index (χ3v) is 4.24. The number of carbonyl (C=O) groups excluding carboxylic acids is 2. The van der Waals surface area contributed by atoms with Gasteiger partial charge in [0.15, 0.2) is 6.61 Å². The molecule has 0 saturated carbocycles. The first-order valence-corrected chi connectivity index (χ1v) is 8.59. The fraction of sp³-hybridized carbons (Fsp3) is 0.263. The average Bonchev–Trinajstić information content (AvgIpc) is 3.12. The second-order valence-corrected chi connectivity index (χ2v) is 6.24. The Labute approximate surface area is 159 Å². The Morgan fingerprint density at radius 3 is 2.54 bits per heavy atom. The lowest BCUT2D eigenvalue weighted by Gasteiger charge is -2.14. The van der Waals surface area contributed by atoms with E-state index in [1.165, 1.54) is 23.3 Å². The maximum absolute atomic E-state index is 12.9. The summed E-state index contributed by atoms with van der Waals surface area (Å²) in [7, 11) is 0. The average molecular weight is 393 g/mol. The first kappa shape index (κ1) is 19.5. The number of hydrazine groups is 1. The Bertz CT molecular complexity index is 884. The van der Waals surface area contributed by atoms with Crippen molar-refractivity contribution in [3.63, 3.8) is 0 Å². The van der Waals surface area contributed by atoms with Crippen LogP contribution in [0.15, 0.2) is 42.5 Å². The number of hydrogen-bond acceptors (Lipinski definition) is 3. The highest BCUT2D eigenvalue weighted by molar-refractivity contribution is 5.91. The van der Waals surface area contributed by atoms with E-state index in [9.17, 15) is 22.8 Å². The van der Waals surface area contributed by atoms with E-state index in [1.54, 1.807) is 6.07 Å². The second kappa shape index (κ2) is 8.20. The topological polar surface area (TPSA) is 79.5 Å². The third-order valence-electron chi connectivity index (χ3n) is 4.24. The lowest BCUT2D eigenvalue weighted by Crippen LogP contribution is -2.45. The smallest absolute Gasteiger partial charge is 0.418 e. The van der Waals surface area contributed by atoms with Crippen molar-refractivity contribution in [3.8, 4) is 5.75 Å². The summed E-state index contributed by atoms with van der Waals surface area (Å²) in [6.45, 7) is -0.349. The number of ether oxygens (including phenoxy) is 1. The number of hydrogen-bond donors (Lipinski definition) is 3. The number of aryl methyl sites for hydroxylation is 2. The van der Waals surface area contributed by atoms with Gasteiger partial charge in [0, 0.05) is 0 Å². The molecular formula is C19H18F3N3O3. The molecule has 28 heavy (non-hydrogen) atoms. The van der Waals surface area contributed by atoms with E-state index < -0.39 is 29.4 Å². The number of amides is 3. The summed E-state index contributed by atoms with van der Waals surface area (Å²) in [5.41, 5.74) is 5.12. The van der Waals surface area contributed by atoms with Crippen molar-refractivity contribution in [1.29, 1.82) is 0 Å². The molecule has 0 atom stereocenters. The first-order chi connectivity index (χ1) is 13.3. The molecule has 6 nitrogen and oxygen atoms in total. The van der Waals surface area contributed by atoms with Crippen molar-refractivity contribution in [3.05, 3.63) is 59.2 Å². The summed E-state index contributed by atoms with van der Waals surface area (Å²) in [5, 5.41) is 2.05. The van der Waals surface area contributed by atoms with E-state index >= 15 is 0 Å². The SMILES string of the molecule is O=C(COc1ccc2c(c1)CCC2)NNC(=O)Nc1ccccc1C(F)(F)F. The third kappa shape index (κ3) is 4.93. The van der Waals surface area contributed by atoms with Gasteiger partial charge in [-0.2, -0.15) is 13.2 Å². The van der Waals surface area contributed by atoms with Crippen LogP contribution in [0.2, 0.25) is 0 Å². The van der Waals surface area contributed by atoms with Crippen molar-refractivity contribution < 1.29 is 27.5 Å². The van der Waals surface area contributed by atoms with Gasteiger partial charge >= 0.3 is 12.2 Å². The van der Waals surface area contributed by atoms with Crippen LogP contribution in [-0.4, -0.2) is 18.5 Å². The molecule has 2 aromatic rings. The second-order valence-electron chi connectivity index (χ2n) is 6.24. The highest BCUT2D eigenvalue weighted by Gasteiger charge is 2.33. The van der Waals surface area contributed by atoms with Gasteiger partial charge in [0.1, 0.15) is 5.75 Å². The molecule has 148 valence electrons. The molecule has 3 amide bonds. The molecule has 0 unspecified atom stereocenters. The fourth-order valence-corrected chi connectivity index (χ4v) is 2.94. The Kier molecular flexibility index (Phi) is 5.72. The first-order valence-electron chi connectivity index (χ1n) is 8.59. The van der Waals surface area contributed by atoms with E-state index in [2.05, 4.69) is 5.43 Å². The number of urea groups is 1. The van der Waals surface area contributed by atoms with Crippen LogP contribution in [0.25, 0.3) is 0 Å². The molecule has 0 fully saturated rings. The number of anilines is 1. The standard InChI is InChI=1S/C19H18F3N3O3/c20-19(21,22)15-6-1-2-7-16(15)23-18(27)25-24-17(26)11-28-14-9-8-12-4-3-5-13(12)10-14/h1-2,6-10H,3-5,11H2,(H,24,26)(H2,23,25,27). The molecule has 9 heteroatoms. The van der Waals surface area contributed by atoms with E-state index in [-0.39, 0.29) is 6.61 Å². The van der Waals surface area contributed by atoms with Gasteiger partial charge in [-0.1, -0.05) is 18.2 Å². The van der Waals surface area contributed by atoms with Crippen LogP contribution in [0, 0.1) is 0 Å². The number of fused-ring (bicyclic) bond motifs is 1. The van der Waals surface area contributed by atoms with Gasteiger partial charge in [-0.3, -0.25) is 10.2 Å². The summed E-state index contributed by atoms with van der Waals surface area (Å²) in [4.78, 5) is 23.5. The van der Waals surface area contributed by atoms with Gasteiger partial charge < -0.3 is 10.1 Å². The van der Waals surface area contributed by atoms with Crippen LogP contribution in [0.5, 0.6) is 5.75 Å². The van der Waals surface area contributed by atoms with Crippen molar-refractivity contribution in [1.82, 2.24) is 10.9 Å². The van der Waals surface area contributed by atoms with Crippen LogP contribution in [0.1, 0.15) is 23.1 Å². The van der Waals surface area contributed by atoms with Crippen molar-refractivity contribution in [2.45, 2.75) is 25.4 Å². The molecule has 1 aliphatic carbocycles. The molecule has 3 rings (SSSR count). The highest BCUT2D eigenvalue weighted by atomic mass is 19.4. The lowest BCUT2D eigenvalue weighted by atomic mass is 10.1. The van der Waals surface area contributed by atoms with Gasteiger partial charge in [-0.05, 0) is 54.7 Å². The van der Waals surface area contributed by atoms with Gasteiger partial charge in [-0.25, -0.2) is 10.2 Å². The zero-order valence-electron chi connectivity index (χ0n) is 14.7. The van der Waals surface area contributed by atoms with E-state index in [1.807, 2.05) is 22.9 Å². The number of carbonyl (C=O) groups is 2. The number of benzene rings is 2. The molecule has 0 radical (unpaired) electrons. The summed E-state index contributed by atoms with van der Waals surface area (Å²) in [5.74, 6) is -0.112. The minimum atomic E-state index is -4.61. The molecule has 0 bridgehead atoms. The molecule has 1 aliphatic rings. The lowest BCUT2D eigenvalue weighted by molar-refractivity contribution is -0.137. The zero-order valence-corrected chi connectivity index (χ0v) is 14.7. The Hall–Kier alpha value is -3.23. The normalized spacial score (nSPS) is 12.8. The monoisotopic (exact) mass is 393 g/mol. The van der Waals surface area contributed by atoms with E-state index in [0.717, 1.165) is 31.4 Å². The van der Waals surface area contributed by atoms with Crippen LogP contribution in [0.4, 0.5) is 23.7 Å². The number of alkyl halides is 3. The Morgan fingerprint density at radius 1 is 1.00 bits per heavy atom. The molecule has 0 saturated heterocycles. The van der Waals surface area contributed by atoms with E-state index in [0.29, 0.717) is 5.75 Å². The van der Waals surface area contributed by atoms with Crippen molar-refractivity contribution in [2.75, 3.05) is 11.9 Å². The maximum Gasteiger partial charge on any atom is 0.418 e. The van der Waals surface area contributed by atoms with Crippen LogP contribution in [0.3, 0.4) is 0 Å². The molecule has 2 aromatic carbocycles. The largest absolute Gasteiger partial charge is 0.484 e. The van der Waals surface area contributed by atoms with Gasteiger partial charge in [0.25, 0.3) is 5.91 Å². The molecular weight excluding hydrogens is 375 g/mol. The summed E-state index contributed by atoms with van der Waals surface area (Å²) >= 11 is 0. The summed E-state index contributed by atoms with van der Waals surface area (Å²) < 4.78 is 44.1.